The third kappa shape index (κ3) is 2.99. The van der Waals surface area contributed by atoms with E-state index in [1.807, 2.05) is 32.6 Å². The van der Waals surface area contributed by atoms with Gasteiger partial charge in [0.1, 0.15) is 11.6 Å². The predicted molar refractivity (Wildman–Crippen MR) is 81.2 cm³/mol. The summed E-state index contributed by atoms with van der Waals surface area (Å²) < 4.78 is 0. The van der Waals surface area contributed by atoms with Crippen LogP contribution in [0.25, 0.3) is 0 Å². The quantitative estimate of drug-likeness (QED) is 0.814. The molecule has 1 aliphatic rings. The number of hydrogen-bond donors (Lipinski definition) is 1. The van der Waals surface area contributed by atoms with Crippen LogP contribution in [0.5, 0.6) is 0 Å². The summed E-state index contributed by atoms with van der Waals surface area (Å²) in [5, 5.41) is 2.95. The maximum atomic E-state index is 12.8. The SMILES string of the molecule is CCC1(CC)C(=O)NC(C(C)C)C(=O)N1CCC(C)C. The van der Waals surface area contributed by atoms with Gasteiger partial charge in [-0.25, -0.2) is 0 Å². The van der Waals surface area contributed by atoms with E-state index in [-0.39, 0.29) is 23.8 Å². The smallest absolute Gasteiger partial charge is 0.246 e. The number of nitrogens with zero attached hydrogens (tertiary/aromatic N) is 1. The van der Waals surface area contributed by atoms with Gasteiger partial charge in [0, 0.05) is 6.54 Å². The summed E-state index contributed by atoms with van der Waals surface area (Å²) in [7, 11) is 0. The fourth-order valence-electron chi connectivity index (χ4n) is 2.95. The third-order valence-corrected chi connectivity index (χ3v) is 4.52. The Labute approximate surface area is 123 Å². The van der Waals surface area contributed by atoms with E-state index in [0.29, 0.717) is 25.3 Å². The van der Waals surface area contributed by atoms with Gasteiger partial charge in [-0.15, -0.1) is 0 Å². The number of hydrogen-bond acceptors (Lipinski definition) is 2. The molecule has 1 fully saturated rings. The number of carbonyl (C=O) groups excluding carboxylic acids is 2. The Hall–Kier alpha value is -1.06. The minimum absolute atomic E-state index is 0.0181. The molecule has 0 aromatic rings. The van der Waals surface area contributed by atoms with Crippen LogP contribution in [0.3, 0.4) is 0 Å². The lowest BCUT2D eigenvalue weighted by Gasteiger charge is -2.48. The van der Waals surface area contributed by atoms with Crippen LogP contribution < -0.4 is 5.32 Å². The van der Waals surface area contributed by atoms with Crippen molar-refractivity contribution >= 4 is 11.8 Å². The van der Waals surface area contributed by atoms with Gasteiger partial charge in [-0.05, 0) is 31.1 Å². The standard InChI is InChI=1S/C16H30N2O2/c1-7-16(8-2)15(20)17-13(12(5)6)14(19)18(16)10-9-11(3)4/h11-13H,7-10H2,1-6H3,(H,17,20). The molecule has 1 heterocycles. The van der Waals surface area contributed by atoms with Gasteiger partial charge in [0.25, 0.3) is 0 Å². The lowest BCUT2D eigenvalue weighted by Crippen LogP contribution is -2.71. The first kappa shape index (κ1) is 17.0. The van der Waals surface area contributed by atoms with Gasteiger partial charge in [0.15, 0.2) is 0 Å². The molecule has 4 nitrogen and oxygen atoms in total. The zero-order chi connectivity index (χ0) is 15.5. The maximum absolute atomic E-state index is 12.8. The highest BCUT2D eigenvalue weighted by atomic mass is 16.2. The maximum Gasteiger partial charge on any atom is 0.246 e. The largest absolute Gasteiger partial charge is 0.342 e. The molecule has 0 aliphatic carbocycles. The molecule has 0 aromatic heterocycles. The summed E-state index contributed by atoms with van der Waals surface area (Å²) in [6.45, 7) is 12.9. The Balaban J connectivity index is 3.10. The van der Waals surface area contributed by atoms with Crippen molar-refractivity contribution in [1.82, 2.24) is 10.2 Å². The highest BCUT2D eigenvalue weighted by Crippen LogP contribution is 2.31. The van der Waals surface area contributed by atoms with Gasteiger partial charge in [-0.2, -0.15) is 0 Å². The summed E-state index contributed by atoms with van der Waals surface area (Å²) in [5.74, 6) is 0.755. The number of piperazine rings is 1. The van der Waals surface area contributed by atoms with Crippen LogP contribution >= 0.6 is 0 Å². The lowest BCUT2D eigenvalue weighted by atomic mass is 9.83. The average molecular weight is 282 g/mol. The van der Waals surface area contributed by atoms with Gasteiger partial charge >= 0.3 is 0 Å². The number of amides is 2. The van der Waals surface area contributed by atoms with Crippen molar-refractivity contribution in [2.24, 2.45) is 11.8 Å². The molecule has 0 saturated carbocycles. The summed E-state index contributed by atoms with van der Waals surface area (Å²) in [6, 6.07) is -0.374. The zero-order valence-electron chi connectivity index (χ0n) is 13.8. The van der Waals surface area contributed by atoms with Crippen LogP contribution in [-0.4, -0.2) is 34.8 Å². The highest BCUT2D eigenvalue weighted by molar-refractivity contribution is 5.99. The molecule has 1 unspecified atom stereocenters. The third-order valence-electron chi connectivity index (χ3n) is 4.52. The minimum atomic E-state index is -0.655. The van der Waals surface area contributed by atoms with Crippen LogP contribution in [0.4, 0.5) is 0 Å². The first-order valence-corrected chi connectivity index (χ1v) is 7.92. The first-order valence-electron chi connectivity index (χ1n) is 7.92. The molecular formula is C16H30N2O2. The molecule has 4 heteroatoms. The van der Waals surface area contributed by atoms with E-state index >= 15 is 0 Å². The molecule has 0 radical (unpaired) electrons. The molecule has 2 amide bonds. The minimum Gasteiger partial charge on any atom is -0.342 e. The molecule has 1 aliphatic heterocycles. The van der Waals surface area contributed by atoms with E-state index in [9.17, 15) is 9.59 Å². The number of rotatable bonds is 6. The first-order chi connectivity index (χ1) is 9.30. The molecule has 116 valence electrons. The van der Waals surface area contributed by atoms with Crippen LogP contribution in [-0.2, 0) is 9.59 Å². The Kier molecular flexibility index (Phi) is 5.60. The second-order valence-corrected chi connectivity index (χ2v) is 6.61. The highest BCUT2D eigenvalue weighted by Gasteiger charge is 2.50. The van der Waals surface area contributed by atoms with Crippen molar-refractivity contribution in [2.75, 3.05) is 6.54 Å². The van der Waals surface area contributed by atoms with Crippen LogP contribution in [0, 0.1) is 11.8 Å². The fourth-order valence-corrected chi connectivity index (χ4v) is 2.95. The number of carbonyl (C=O) groups is 2. The van der Waals surface area contributed by atoms with Gasteiger partial charge in [0.2, 0.25) is 11.8 Å². The van der Waals surface area contributed by atoms with E-state index in [0.717, 1.165) is 6.42 Å². The molecule has 0 bridgehead atoms. The van der Waals surface area contributed by atoms with Gasteiger partial charge in [0.05, 0.1) is 0 Å². The van der Waals surface area contributed by atoms with E-state index in [4.69, 9.17) is 0 Å². The fraction of sp³-hybridized carbons (Fsp3) is 0.875. The summed E-state index contributed by atoms with van der Waals surface area (Å²) >= 11 is 0. The topological polar surface area (TPSA) is 49.4 Å². The molecule has 1 atom stereocenters. The second-order valence-electron chi connectivity index (χ2n) is 6.61. The Morgan fingerprint density at radius 2 is 1.70 bits per heavy atom. The predicted octanol–water partition coefficient (Wildman–Crippen LogP) is 2.57. The molecule has 20 heavy (non-hydrogen) atoms. The summed E-state index contributed by atoms with van der Waals surface area (Å²) in [4.78, 5) is 27.2. The Morgan fingerprint density at radius 3 is 2.10 bits per heavy atom. The lowest BCUT2D eigenvalue weighted by molar-refractivity contribution is -0.159. The Bertz CT molecular complexity index is 359. The Morgan fingerprint density at radius 1 is 1.15 bits per heavy atom. The molecule has 0 spiro atoms. The normalized spacial score (nSPS) is 22.6. The second kappa shape index (κ2) is 6.59. The van der Waals surface area contributed by atoms with Gasteiger partial charge < -0.3 is 10.2 Å². The van der Waals surface area contributed by atoms with E-state index in [2.05, 4.69) is 19.2 Å². The molecule has 1 rings (SSSR count). The van der Waals surface area contributed by atoms with Crippen molar-refractivity contribution < 1.29 is 9.59 Å². The van der Waals surface area contributed by atoms with E-state index in [1.54, 1.807) is 0 Å². The number of nitrogens with one attached hydrogen (secondary N) is 1. The molecule has 1 saturated heterocycles. The molecule has 0 aromatic carbocycles. The van der Waals surface area contributed by atoms with Crippen LogP contribution in [0.1, 0.15) is 60.8 Å². The molecule has 1 N–H and O–H groups in total. The van der Waals surface area contributed by atoms with Crippen molar-refractivity contribution in [3.63, 3.8) is 0 Å². The van der Waals surface area contributed by atoms with Gasteiger partial charge in [-0.1, -0.05) is 41.5 Å². The monoisotopic (exact) mass is 282 g/mol. The average Bonchev–Trinajstić information content (AvgIpc) is 2.38. The summed E-state index contributed by atoms with van der Waals surface area (Å²) in [6.07, 6.45) is 2.28. The van der Waals surface area contributed by atoms with Crippen LogP contribution in [0.2, 0.25) is 0 Å². The van der Waals surface area contributed by atoms with Crippen molar-refractivity contribution in [1.29, 1.82) is 0 Å². The van der Waals surface area contributed by atoms with Gasteiger partial charge in [-0.3, -0.25) is 9.59 Å². The van der Waals surface area contributed by atoms with Crippen LogP contribution in [0.15, 0.2) is 0 Å². The van der Waals surface area contributed by atoms with Crippen molar-refractivity contribution in [3.8, 4) is 0 Å². The summed E-state index contributed by atoms with van der Waals surface area (Å²) in [5.41, 5.74) is -0.655. The van der Waals surface area contributed by atoms with Crippen molar-refractivity contribution in [3.05, 3.63) is 0 Å². The zero-order valence-corrected chi connectivity index (χ0v) is 13.8. The van der Waals surface area contributed by atoms with E-state index < -0.39 is 5.54 Å². The van der Waals surface area contributed by atoms with Crippen molar-refractivity contribution in [2.45, 2.75) is 72.4 Å². The molecular weight excluding hydrogens is 252 g/mol. The van der Waals surface area contributed by atoms with E-state index in [1.165, 1.54) is 0 Å².